The fraction of sp³-hybridized carbons (Fsp3) is 0.333. The molecule has 1 aromatic carbocycles. The maximum atomic E-state index is 11.9. The van der Waals surface area contributed by atoms with Crippen LogP contribution in [0.15, 0.2) is 47.1 Å². The Morgan fingerprint density at radius 3 is 2.70 bits per heavy atom. The van der Waals surface area contributed by atoms with E-state index in [9.17, 15) is 9.90 Å². The molecule has 5 heteroatoms. The third-order valence-corrected chi connectivity index (χ3v) is 3.58. The number of benzene rings is 1. The summed E-state index contributed by atoms with van der Waals surface area (Å²) in [5, 5.41) is 21.6. The number of furan rings is 1. The van der Waals surface area contributed by atoms with E-state index in [1.54, 1.807) is 24.3 Å². The van der Waals surface area contributed by atoms with Crippen molar-refractivity contribution < 1.29 is 14.3 Å². The molecule has 0 fully saturated rings. The van der Waals surface area contributed by atoms with E-state index >= 15 is 0 Å². The molecule has 0 saturated carbocycles. The van der Waals surface area contributed by atoms with Gasteiger partial charge in [0.2, 0.25) is 5.91 Å². The second-order valence-corrected chi connectivity index (χ2v) is 5.54. The smallest absolute Gasteiger partial charge is 0.220 e. The van der Waals surface area contributed by atoms with E-state index < -0.39 is 6.10 Å². The topological polar surface area (TPSA) is 86.3 Å². The van der Waals surface area contributed by atoms with Gasteiger partial charge >= 0.3 is 0 Å². The molecule has 0 saturated heterocycles. The Balaban J connectivity index is 1.74. The highest BCUT2D eigenvalue weighted by Crippen LogP contribution is 2.18. The number of aliphatic hydroxyl groups excluding tert-OH is 1. The number of rotatable bonds is 7. The monoisotopic (exact) mass is 312 g/mol. The van der Waals surface area contributed by atoms with E-state index in [4.69, 9.17) is 9.68 Å². The Kier molecular flexibility index (Phi) is 5.95. The summed E-state index contributed by atoms with van der Waals surface area (Å²) >= 11 is 0. The fourth-order valence-electron chi connectivity index (χ4n) is 2.34. The van der Waals surface area contributed by atoms with Gasteiger partial charge in [0, 0.05) is 18.9 Å². The van der Waals surface area contributed by atoms with E-state index in [0.29, 0.717) is 30.6 Å². The van der Waals surface area contributed by atoms with Crippen molar-refractivity contribution in [1.82, 2.24) is 5.32 Å². The Morgan fingerprint density at radius 1 is 1.35 bits per heavy atom. The first-order chi connectivity index (χ1) is 11.1. The predicted octanol–water partition coefficient (Wildman–Crippen LogP) is 2.71. The lowest BCUT2D eigenvalue weighted by molar-refractivity contribution is -0.121. The van der Waals surface area contributed by atoms with Crippen molar-refractivity contribution in [2.45, 2.75) is 38.3 Å². The maximum Gasteiger partial charge on any atom is 0.220 e. The number of nitrogens with zero attached hydrogens (tertiary/aromatic N) is 1. The maximum absolute atomic E-state index is 11.9. The van der Waals surface area contributed by atoms with Gasteiger partial charge < -0.3 is 14.8 Å². The molecule has 5 nitrogen and oxygen atoms in total. The molecule has 23 heavy (non-hydrogen) atoms. The molecular formula is C18H20N2O3. The Labute approximate surface area is 135 Å². The molecule has 0 aliphatic rings. The summed E-state index contributed by atoms with van der Waals surface area (Å²) in [5.74, 6) is 0.442. The Morgan fingerprint density at radius 2 is 2.09 bits per heavy atom. The van der Waals surface area contributed by atoms with Crippen LogP contribution >= 0.6 is 0 Å². The lowest BCUT2D eigenvalue weighted by atomic mass is 10.1. The molecule has 0 spiro atoms. The molecule has 2 aromatic rings. The van der Waals surface area contributed by atoms with Crippen molar-refractivity contribution in [3.63, 3.8) is 0 Å². The third-order valence-electron chi connectivity index (χ3n) is 3.58. The second-order valence-electron chi connectivity index (χ2n) is 5.54. The van der Waals surface area contributed by atoms with E-state index in [2.05, 4.69) is 11.4 Å². The highest BCUT2D eigenvalue weighted by atomic mass is 16.4. The number of nitrogens with one attached hydrogen (secondary N) is 1. The van der Waals surface area contributed by atoms with E-state index in [1.807, 2.05) is 19.1 Å². The number of carbonyl (C=O) groups is 1. The molecule has 0 aliphatic carbocycles. The standard InChI is InChI=1S/C18H20N2O3/c1-13(11-16(21)17-3-2-10-23-17)20-18(22)9-8-14-4-6-15(12-19)7-5-14/h2-7,10,13,16,21H,8-9,11H2,1H3,(H,20,22). The van der Waals surface area contributed by atoms with Gasteiger partial charge in [0.1, 0.15) is 11.9 Å². The molecule has 120 valence electrons. The van der Waals surface area contributed by atoms with Gasteiger partial charge in [-0.25, -0.2) is 0 Å². The Bertz CT molecular complexity index is 657. The van der Waals surface area contributed by atoms with Crippen molar-refractivity contribution >= 4 is 5.91 Å². The van der Waals surface area contributed by atoms with Crippen LogP contribution in [-0.4, -0.2) is 17.1 Å². The molecule has 2 unspecified atom stereocenters. The van der Waals surface area contributed by atoms with Crippen LogP contribution in [0.3, 0.4) is 0 Å². The molecule has 2 rings (SSSR count). The summed E-state index contributed by atoms with van der Waals surface area (Å²) in [7, 11) is 0. The number of aryl methyl sites for hydroxylation is 1. The minimum absolute atomic E-state index is 0.0616. The molecular weight excluding hydrogens is 292 g/mol. The van der Waals surface area contributed by atoms with Crippen LogP contribution in [0.25, 0.3) is 0 Å². The van der Waals surface area contributed by atoms with Crippen molar-refractivity contribution in [3.8, 4) is 6.07 Å². The number of carbonyl (C=O) groups excluding carboxylic acids is 1. The predicted molar refractivity (Wildman–Crippen MR) is 85.4 cm³/mol. The highest BCUT2D eigenvalue weighted by Gasteiger charge is 2.16. The fourth-order valence-corrected chi connectivity index (χ4v) is 2.34. The minimum Gasteiger partial charge on any atom is -0.467 e. The van der Waals surface area contributed by atoms with Crippen LogP contribution in [0.5, 0.6) is 0 Å². The van der Waals surface area contributed by atoms with Crippen molar-refractivity contribution in [2.24, 2.45) is 0 Å². The second kappa shape index (κ2) is 8.16. The highest BCUT2D eigenvalue weighted by molar-refractivity contribution is 5.76. The van der Waals surface area contributed by atoms with Crippen LogP contribution in [-0.2, 0) is 11.2 Å². The third kappa shape index (κ3) is 5.28. The summed E-state index contributed by atoms with van der Waals surface area (Å²) in [6.07, 6.45) is 2.17. The minimum atomic E-state index is -0.723. The van der Waals surface area contributed by atoms with Crippen LogP contribution in [0.2, 0.25) is 0 Å². The zero-order valence-corrected chi connectivity index (χ0v) is 13.0. The van der Waals surface area contributed by atoms with Crippen LogP contribution in [0, 0.1) is 11.3 Å². The molecule has 0 aliphatic heterocycles. The largest absolute Gasteiger partial charge is 0.467 e. The van der Waals surface area contributed by atoms with E-state index in [1.165, 1.54) is 6.26 Å². The summed E-state index contributed by atoms with van der Waals surface area (Å²) in [5.41, 5.74) is 1.63. The van der Waals surface area contributed by atoms with Crippen LogP contribution in [0.1, 0.15) is 42.8 Å². The SMILES string of the molecule is CC(CC(O)c1ccco1)NC(=O)CCc1ccc(C#N)cc1. The lowest BCUT2D eigenvalue weighted by Gasteiger charge is -2.16. The molecule has 2 N–H and O–H groups in total. The van der Waals surface area contributed by atoms with Gasteiger partial charge in [-0.2, -0.15) is 5.26 Å². The molecule has 1 aromatic heterocycles. The molecule has 0 bridgehead atoms. The Hall–Kier alpha value is -2.58. The summed E-state index contributed by atoms with van der Waals surface area (Å²) in [6, 6.07) is 12.6. The van der Waals surface area contributed by atoms with Crippen LogP contribution in [0.4, 0.5) is 0 Å². The van der Waals surface area contributed by atoms with Gasteiger partial charge in [0.25, 0.3) is 0 Å². The summed E-state index contributed by atoms with van der Waals surface area (Å²) in [6.45, 7) is 1.85. The first-order valence-electron chi connectivity index (χ1n) is 7.58. The molecule has 2 atom stereocenters. The zero-order chi connectivity index (χ0) is 16.7. The molecule has 0 radical (unpaired) electrons. The number of hydrogen-bond donors (Lipinski definition) is 2. The zero-order valence-electron chi connectivity index (χ0n) is 13.0. The molecule has 1 heterocycles. The van der Waals surface area contributed by atoms with Gasteiger partial charge in [0.15, 0.2) is 0 Å². The van der Waals surface area contributed by atoms with Gasteiger partial charge in [0.05, 0.1) is 17.9 Å². The lowest BCUT2D eigenvalue weighted by Crippen LogP contribution is -2.33. The summed E-state index contributed by atoms with van der Waals surface area (Å²) in [4.78, 5) is 11.9. The molecule has 1 amide bonds. The quantitative estimate of drug-likeness (QED) is 0.823. The van der Waals surface area contributed by atoms with Gasteiger partial charge in [-0.1, -0.05) is 12.1 Å². The van der Waals surface area contributed by atoms with Crippen molar-refractivity contribution in [1.29, 1.82) is 5.26 Å². The summed E-state index contributed by atoms with van der Waals surface area (Å²) < 4.78 is 5.14. The van der Waals surface area contributed by atoms with E-state index in [-0.39, 0.29) is 11.9 Å². The number of amides is 1. The number of hydrogen-bond acceptors (Lipinski definition) is 4. The first kappa shape index (κ1) is 16.8. The van der Waals surface area contributed by atoms with Crippen molar-refractivity contribution in [3.05, 3.63) is 59.5 Å². The first-order valence-corrected chi connectivity index (χ1v) is 7.58. The van der Waals surface area contributed by atoms with Gasteiger partial charge in [-0.05, 0) is 43.2 Å². The number of aliphatic hydroxyl groups is 1. The average Bonchev–Trinajstić information content (AvgIpc) is 3.08. The average molecular weight is 312 g/mol. The van der Waals surface area contributed by atoms with Gasteiger partial charge in [-0.3, -0.25) is 4.79 Å². The van der Waals surface area contributed by atoms with Crippen LogP contribution < -0.4 is 5.32 Å². The van der Waals surface area contributed by atoms with Crippen molar-refractivity contribution in [2.75, 3.05) is 0 Å². The van der Waals surface area contributed by atoms with E-state index in [0.717, 1.165) is 5.56 Å². The van der Waals surface area contributed by atoms with Gasteiger partial charge in [-0.15, -0.1) is 0 Å². The number of nitriles is 1. The normalized spacial score (nSPS) is 13.1.